The SMILES string of the molecule is Cc1ccc([C@H](C)NC(=O)c2ccc(C)c(S(=O)(=O)Nc3ccccc3C)c2)cc1. The molecular formula is C24H26N2O3S. The van der Waals surface area contributed by atoms with Gasteiger partial charge >= 0.3 is 0 Å². The summed E-state index contributed by atoms with van der Waals surface area (Å²) in [5.74, 6) is -0.324. The molecule has 0 fully saturated rings. The summed E-state index contributed by atoms with van der Waals surface area (Å²) in [5, 5.41) is 2.93. The molecule has 0 unspecified atom stereocenters. The van der Waals surface area contributed by atoms with Gasteiger partial charge in [-0.05, 0) is 62.6 Å². The standard InChI is InChI=1S/C24H26N2O3S/c1-16-9-12-20(13-10-16)19(4)25-24(27)21-14-11-18(3)23(15-21)30(28,29)26-22-8-6-5-7-17(22)2/h5-15,19,26H,1-4H3,(H,25,27)/t19-/m0/s1. The zero-order chi connectivity index (χ0) is 21.9. The van der Waals surface area contributed by atoms with Gasteiger partial charge in [0.05, 0.1) is 16.6 Å². The third-order valence-electron chi connectivity index (χ3n) is 5.05. The highest BCUT2D eigenvalue weighted by Crippen LogP contribution is 2.23. The second-order valence-electron chi connectivity index (χ2n) is 7.51. The van der Waals surface area contributed by atoms with E-state index in [2.05, 4.69) is 10.0 Å². The molecule has 1 atom stereocenters. The van der Waals surface area contributed by atoms with Crippen LogP contribution in [0.5, 0.6) is 0 Å². The maximum absolute atomic E-state index is 13.0. The van der Waals surface area contributed by atoms with E-state index < -0.39 is 10.0 Å². The van der Waals surface area contributed by atoms with Gasteiger partial charge in [-0.25, -0.2) is 8.42 Å². The molecule has 3 aromatic carbocycles. The lowest BCUT2D eigenvalue weighted by atomic mass is 10.1. The number of para-hydroxylation sites is 1. The van der Waals surface area contributed by atoms with Crippen LogP contribution in [0.25, 0.3) is 0 Å². The molecule has 2 N–H and O–H groups in total. The zero-order valence-electron chi connectivity index (χ0n) is 17.6. The Morgan fingerprint density at radius 2 is 1.53 bits per heavy atom. The Morgan fingerprint density at radius 1 is 0.867 bits per heavy atom. The number of nitrogens with one attached hydrogen (secondary N) is 2. The molecule has 0 aliphatic carbocycles. The smallest absolute Gasteiger partial charge is 0.262 e. The molecule has 0 saturated carbocycles. The summed E-state index contributed by atoms with van der Waals surface area (Å²) in [7, 11) is -3.84. The van der Waals surface area contributed by atoms with Crippen molar-refractivity contribution in [1.29, 1.82) is 0 Å². The lowest BCUT2D eigenvalue weighted by Gasteiger charge is -2.16. The van der Waals surface area contributed by atoms with Crippen LogP contribution in [0.2, 0.25) is 0 Å². The van der Waals surface area contributed by atoms with Gasteiger partial charge in [-0.1, -0.05) is 54.1 Å². The average Bonchev–Trinajstić information content (AvgIpc) is 2.70. The van der Waals surface area contributed by atoms with E-state index >= 15 is 0 Å². The number of sulfonamides is 1. The molecule has 3 rings (SSSR count). The monoisotopic (exact) mass is 422 g/mol. The summed E-state index contributed by atoms with van der Waals surface area (Å²) >= 11 is 0. The third kappa shape index (κ3) is 4.89. The van der Waals surface area contributed by atoms with Gasteiger partial charge in [0.25, 0.3) is 15.9 Å². The van der Waals surface area contributed by atoms with Gasteiger partial charge in [0.2, 0.25) is 0 Å². The maximum atomic E-state index is 13.0. The van der Waals surface area contributed by atoms with Crippen molar-refractivity contribution in [3.63, 3.8) is 0 Å². The van der Waals surface area contributed by atoms with Gasteiger partial charge in [-0.3, -0.25) is 9.52 Å². The topological polar surface area (TPSA) is 75.3 Å². The Hall–Kier alpha value is -3.12. The number of rotatable bonds is 6. The highest BCUT2D eigenvalue weighted by molar-refractivity contribution is 7.92. The van der Waals surface area contributed by atoms with Gasteiger partial charge in [-0.2, -0.15) is 0 Å². The van der Waals surface area contributed by atoms with Crippen molar-refractivity contribution >= 4 is 21.6 Å². The summed E-state index contributed by atoms with van der Waals surface area (Å²) in [4.78, 5) is 12.9. The first-order chi connectivity index (χ1) is 14.2. The maximum Gasteiger partial charge on any atom is 0.262 e. The van der Waals surface area contributed by atoms with Crippen LogP contribution in [0.1, 0.15) is 45.6 Å². The van der Waals surface area contributed by atoms with Crippen LogP contribution in [-0.2, 0) is 10.0 Å². The van der Waals surface area contributed by atoms with Crippen LogP contribution in [0, 0.1) is 20.8 Å². The van der Waals surface area contributed by atoms with Gasteiger partial charge in [0, 0.05) is 5.56 Å². The summed E-state index contributed by atoms with van der Waals surface area (Å²) in [6, 6.07) is 19.6. The third-order valence-corrected chi connectivity index (χ3v) is 6.56. The van der Waals surface area contributed by atoms with E-state index in [-0.39, 0.29) is 16.8 Å². The van der Waals surface area contributed by atoms with Crippen LogP contribution in [0.4, 0.5) is 5.69 Å². The molecule has 0 aliphatic heterocycles. The summed E-state index contributed by atoms with van der Waals surface area (Å²) < 4.78 is 28.6. The highest BCUT2D eigenvalue weighted by atomic mass is 32.2. The number of benzene rings is 3. The number of carbonyl (C=O) groups is 1. The quantitative estimate of drug-likeness (QED) is 0.593. The summed E-state index contributed by atoms with van der Waals surface area (Å²) in [6.45, 7) is 7.45. The van der Waals surface area contributed by atoms with Gasteiger partial charge < -0.3 is 5.32 Å². The number of anilines is 1. The molecule has 30 heavy (non-hydrogen) atoms. The molecule has 6 heteroatoms. The van der Waals surface area contributed by atoms with Crippen molar-refractivity contribution in [3.05, 3.63) is 94.5 Å². The van der Waals surface area contributed by atoms with Crippen molar-refractivity contribution in [2.45, 2.75) is 38.6 Å². The fourth-order valence-electron chi connectivity index (χ4n) is 3.14. The minimum Gasteiger partial charge on any atom is -0.346 e. The van der Waals surface area contributed by atoms with Crippen molar-refractivity contribution < 1.29 is 13.2 Å². The number of carbonyl (C=O) groups excluding carboxylic acids is 1. The molecule has 1 amide bonds. The van der Waals surface area contributed by atoms with Crippen molar-refractivity contribution in [2.75, 3.05) is 4.72 Å². The first-order valence-corrected chi connectivity index (χ1v) is 11.2. The molecule has 0 aliphatic rings. The van der Waals surface area contributed by atoms with Crippen molar-refractivity contribution in [1.82, 2.24) is 5.32 Å². The Balaban J connectivity index is 1.84. The van der Waals surface area contributed by atoms with E-state index in [0.29, 0.717) is 16.8 Å². The Bertz CT molecular complexity index is 1170. The Morgan fingerprint density at radius 3 is 2.20 bits per heavy atom. The molecular weight excluding hydrogens is 396 g/mol. The van der Waals surface area contributed by atoms with Crippen molar-refractivity contribution in [2.24, 2.45) is 0 Å². The number of amides is 1. The molecule has 0 spiro atoms. The van der Waals surface area contributed by atoms with E-state index in [1.54, 1.807) is 31.2 Å². The van der Waals surface area contributed by atoms with Crippen LogP contribution in [0.15, 0.2) is 71.6 Å². The summed E-state index contributed by atoms with van der Waals surface area (Å²) in [6.07, 6.45) is 0. The molecule has 0 radical (unpaired) electrons. The first-order valence-electron chi connectivity index (χ1n) is 9.74. The van der Waals surface area contributed by atoms with E-state index in [0.717, 1.165) is 16.7 Å². The van der Waals surface area contributed by atoms with Crippen LogP contribution in [0.3, 0.4) is 0 Å². The van der Waals surface area contributed by atoms with Gasteiger partial charge in [-0.15, -0.1) is 0 Å². The van der Waals surface area contributed by atoms with E-state index in [4.69, 9.17) is 0 Å². The fraction of sp³-hybridized carbons (Fsp3) is 0.208. The lowest BCUT2D eigenvalue weighted by Crippen LogP contribution is -2.27. The zero-order valence-corrected chi connectivity index (χ0v) is 18.4. The normalized spacial score (nSPS) is 12.3. The Labute approximate surface area is 178 Å². The first kappa shape index (κ1) is 21.6. The average molecular weight is 423 g/mol. The highest BCUT2D eigenvalue weighted by Gasteiger charge is 2.20. The molecule has 3 aromatic rings. The number of hydrogen-bond acceptors (Lipinski definition) is 3. The van der Waals surface area contributed by atoms with E-state index in [1.165, 1.54) is 6.07 Å². The molecule has 0 saturated heterocycles. The predicted octanol–water partition coefficient (Wildman–Crippen LogP) is 4.90. The molecule has 0 heterocycles. The minimum atomic E-state index is -3.84. The minimum absolute atomic E-state index is 0.0846. The number of aryl methyl sites for hydroxylation is 3. The fourth-order valence-corrected chi connectivity index (χ4v) is 4.54. The number of hydrogen-bond donors (Lipinski definition) is 2. The second kappa shape index (κ2) is 8.71. The predicted molar refractivity (Wildman–Crippen MR) is 120 cm³/mol. The Kier molecular flexibility index (Phi) is 6.27. The van der Waals surface area contributed by atoms with Gasteiger partial charge in [0.15, 0.2) is 0 Å². The van der Waals surface area contributed by atoms with E-state index in [9.17, 15) is 13.2 Å². The molecule has 156 valence electrons. The molecule has 0 bridgehead atoms. The summed E-state index contributed by atoms with van der Waals surface area (Å²) in [5.41, 5.74) is 4.32. The second-order valence-corrected chi connectivity index (χ2v) is 9.16. The largest absolute Gasteiger partial charge is 0.346 e. The van der Waals surface area contributed by atoms with Crippen LogP contribution in [-0.4, -0.2) is 14.3 Å². The molecule has 0 aromatic heterocycles. The van der Waals surface area contributed by atoms with Crippen LogP contribution < -0.4 is 10.0 Å². The van der Waals surface area contributed by atoms with E-state index in [1.807, 2.05) is 57.2 Å². The lowest BCUT2D eigenvalue weighted by molar-refractivity contribution is 0.0939. The van der Waals surface area contributed by atoms with Crippen LogP contribution >= 0.6 is 0 Å². The van der Waals surface area contributed by atoms with Crippen molar-refractivity contribution in [3.8, 4) is 0 Å². The van der Waals surface area contributed by atoms with Gasteiger partial charge in [0.1, 0.15) is 0 Å². The molecule has 5 nitrogen and oxygen atoms in total.